The maximum absolute atomic E-state index is 11.9. The summed E-state index contributed by atoms with van der Waals surface area (Å²) >= 11 is 5.91. The van der Waals surface area contributed by atoms with E-state index in [1.165, 1.54) is 0 Å². The van der Waals surface area contributed by atoms with Crippen molar-refractivity contribution in [3.63, 3.8) is 0 Å². The van der Waals surface area contributed by atoms with Gasteiger partial charge in [-0.15, -0.1) is 0 Å². The molecule has 0 bridgehead atoms. The van der Waals surface area contributed by atoms with Crippen molar-refractivity contribution in [3.05, 3.63) is 70.9 Å². The third kappa shape index (κ3) is 3.40. The molecule has 3 rings (SSSR count). The van der Waals surface area contributed by atoms with Gasteiger partial charge in [-0.25, -0.2) is 4.79 Å². The van der Waals surface area contributed by atoms with E-state index in [-0.39, 0.29) is 6.03 Å². The molecule has 0 aliphatic rings. The number of carbonyl (C=O) groups is 1. The third-order valence-corrected chi connectivity index (χ3v) is 3.69. The minimum Gasteiger partial charge on any atom is -0.361 e. The zero-order chi connectivity index (χ0) is 15.4. The molecule has 5 heteroatoms. The smallest absolute Gasteiger partial charge is 0.315 e. The number of aromatic nitrogens is 1. The van der Waals surface area contributed by atoms with Crippen LogP contribution < -0.4 is 10.6 Å². The highest BCUT2D eigenvalue weighted by atomic mass is 35.5. The lowest BCUT2D eigenvalue weighted by Crippen LogP contribution is -2.34. The molecule has 1 aromatic heterocycles. The number of aromatic amines is 1. The number of para-hydroxylation sites is 1. The van der Waals surface area contributed by atoms with E-state index in [1.54, 1.807) is 0 Å². The Kier molecular flexibility index (Phi) is 4.30. The van der Waals surface area contributed by atoms with Gasteiger partial charge in [-0.05, 0) is 29.3 Å². The number of hydrogen-bond donors (Lipinski definition) is 3. The van der Waals surface area contributed by atoms with Crippen molar-refractivity contribution in [2.24, 2.45) is 0 Å². The minimum atomic E-state index is -0.203. The molecule has 3 N–H and O–H groups in total. The average molecular weight is 314 g/mol. The van der Waals surface area contributed by atoms with Crippen molar-refractivity contribution in [3.8, 4) is 0 Å². The first kappa shape index (κ1) is 14.5. The van der Waals surface area contributed by atoms with Gasteiger partial charge in [-0.2, -0.15) is 0 Å². The van der Waals surface area contributed by atoms with E-state index in [1.807, 2.05) is 54.7 Å². The first-order valence-corrected chi connectivity index (χ1v) is 7.41. The molecule has 4 nitrogen and oxygen atoms in total. The summed E-state index contributed by atoms with van der Waals surface area (Å²) in [6, 6.07) is 15.2. The predicted molar refractivity (Wildman–Crippen MR) is 88.8 cm³/mol. The van der Waals surface area contributed by atoms with E-state index < -0.39 is 0 Å². The van der Waals surface area contributed by atoms with Crippen LogP contribution in [0, 0.1) is 0 Å². The summed E-state index contributed by atoms with van der Waals surface area (Å²) in [5, 5.41) is 7.46. The molecule has 3 aromatic rings. The summed E-state index contributed by atoms with van der Waals surface area (Å²) in [4.78, 5) is 15.1. The molecule has 0 radical (unpaired) electrons. The fourth-order valence-electron chi connectivity index (χ4n) is 2.35. The van der Waals surface area contributed by atoms with E-state index in [4.69, 9.17) is 11.6 Å². The van der Waals surface area contributed by atoms with E-state index in [2.05, 4.69) is 15.6 Å². The fourth-order valence-corrected chi connectivity index (χ4v) is 2.56. The van der Waals surface area contributed by atoms with Gasteiger partial charge in [0.1, 0.15) is 0 Å². The molecule has 112 valence electrons. The maximum Gasteiger partial charge on any atom is 0.315 e. The highest BCUT2D eigenvalue weighted by Gasteiger charge is 2.05. The number of urea groups is 1. The van der Waals surface area contributed by atoms with Crippen molar-refractivity contribution >= 4 is 28.5 Å². The van der Waals surface area contributed by atoms with E-state index >= 15 is 0 Å². The minimum absolute atomic E-state index is 0.203. The van der Waals surface area contributed by atoms with Crippen LogP contribution in [-0.2, 0) is 13.1 Å². The van der Waals surface area contributed by atoms with Crippen LogP contribution in [-0.4, -0.2) is 11.0 Å². The topological polar surface area (TPSA) is 56.9 Å². The number of H-pyrrole nitrogens is 1. The first-order valence-electron chi connectivity index (χ1n) is 7.03. The van der Waals surface area contributed by atoms with Crippen LogP contribution in [0.5, 0.6) is 0 Å². The standard InChI is InChI=1S/C17H16ClN3O/c18-14-5-3-4-12(8-14)9-20-17(22)21-11-13-10-19-16-7-2-1-6-15(13)16/h1-8,10,19H,9,11H2,(H2,20,21,22). The van der Waals surface area contributed by atoms with Crippen molar-refractivity contribution < 1.29 is 4.79 Å². The molecule has 0 saturated heterocycles. The zero-order valence-electron chi connectivity index (χ0n) is 11.9. The Morgan fingerprint density at radius 2 is 1.86 bits per heavy atom. The summed E-state index contributed by atoms with van der Waals surface area (Å²) in [5.74, 6) is 0. The predicted octanol–water partition coefficient (Wildman–Crippen LogP) is 3.82. The number of carbonyl (C=O) groups excluding carboxylic acids is 1. The van der Waals surface area contributed by atoms with E-state index in [9.17, 15) is 4.79 Å². The Labute approximate surface area is 133 Å². The number of benzene rings is 2. The molecule has 22 heavy (non-hydrogen) atoms. The molecule has 0 atom stereocenters. The van der Waals surface area contributed by atoms with Crippen LogP contribution in [0.2, 0.25) is 5.02 Å². The molecular formula is C17H16ClN3O. The molecule has 0 aliphatic carbocycles. The van der Waals surface area contributed by atoms with Gasteiger partial charge in [0.2, 0.25) is 0 Å². The van der Waals surface area contributed by atoms with E-state index in [0.29, 0.717) is 18.1 Å². The van der Waals surface area contributed by atoms with Crippen LogP contribution in [0.3, 0.4) is 0 Å². The SMILES string of the molecule is O=C(NCc1cccc(Cl)c1)NCc1c[nH]c2ccccc12. The highest BCUT2D eigenvalue weighted by Crippen LogP contribution is 2.17. The van der Waals surface area contributed by atoms with Crippen molar-refractivity contribution in [1.29, 1.82) is 0 Å². The number of fused-ring (bicyclic) bond motifs is 1. The Morgan fingerprint density at radius 1 is 1.05 bits per heavy atom. The van der Waals surface area contributed by atoms with Gasteiger partial charge in [-0.1, -0.05) is 41.9 Å². The number of hydrogen-bond acceptors (Lipinski definition) is 1. The summed E-state index contributed by atoms with van der Waals surface area (Å²) in [6.45, 7) is 0.922. The summed E-state index contributed by atoms with van der Waals surface area (Å²) < 4.78 is 0. The van der Waals surface area contributed by atoms with Crippen LogP contribution in [0.25, 0.3) is 10.9 Å². The van der Waals surface area contributed by atoms with Gasteiger partial charge in [0, 0.05) is 35.2 Å². The normalized spacial score (nSPS) is 10.6. The van der Waals surface area contributed by atoms with Gasteiger partial charge in [0.15, 0.2) is 0 Å². The van der Waals surface area contributed by atoms with Crippen LogP contribution in [0.4, 0.5) is 4.79 Å². The average Bonchev–Trinajstić information content (AvgIpc) is 2.94. The third-order valence-electron chi connectivity index (χ3n) is 3.46. The molecule has 0 aliphatic heterocycles. The summed E-state index contributed by atoms with van der Waals surface area (Å²) in [5.41, 5.74) is 3.10. The second kappa shape index (κ2) is 6.54. The van der Waals surface area contributed by atoms with Crippen molar-refractivity contribution in [1.82, 2.24) is 15.6 Å². The van der Waals surface area contributed by atoms with Crippen LogP contribution in [0.15, 0.2) is 54.7 Å². The van der Waals surface area contributed by atoms with Gasteiger partial charge in [0.05, 0.1) is 0 Å². The molecule has 0 saturated carbocycles. The monoisotopic (exact) mass is 313 g/mol. The van der Waals surface area contributed by atoms with Gasteiger partial charge in [0.25, 0.3) is 0 Å². The molecule has 0 fully saturated rings. The quantitative estimate of drug-likeness (QED) is 0.674. The Hall–Kier alpha value is -2.46. The number of nitrogens with one attached hydrogen (secondary N) is 3. The molecular weight excluding hydrogens is 298 g/mol. The highest BCUT2D eigenvalue weighted by molar-refractivity contribution is 6.30. The molecule has 2 amide bonds. The first-order chi connectivity index (χ1) is 10.7. The molecule has 0 spiro atoms. The van der Waals surface area contributed by atoms with Crippen LogP contribution >= 0.6 is 11.6 Å². The second-order valence-electron chi connectivity index (χ2n) is 5.03. The Bertz CT molecular complexity index is 797. The van der Waals surface area contributed by atoms with Gasteiger partial charge < -0.3 is 15.6 Å². The number of amides is 2. The summed E-state index contributed by atoms with van der Waals surface area (Å²) in [6.07, 6.45) is 1.92. The van der Waals surface area contributed by atoms with Gasteiger partial charge in [-0.3, -0.25) is 0 Å². The van der Waals surface area contributed by atoms with Crippen LogP contribution in [0.1, 0.15) is 11.1 Å². The van der Waals surface area contributed by atoms with Crippen molar-refractivity contribution in [2.45, 2.75) is 13.1 Å². The van der Waals surface area contributed by atoms with Gasteiger partial charge >= 0.3 is 6.03 Å². The molecule has 2 aromatic carbocycles. The molecule has 0 unspecified atom stereocenters. The largest absolute Gasteiger partial charge is 0.361 e. The van der Waals surface area contributed by atoms with Crippen molar-refractivity contribution in [2.75, 3.05) is 0 Å². The molecule has 1 heterocycles. The lowest BCUT2D eigenvalue weighted by atomic mass is 10.2. The number of halogens is 1. The Morgan fingerprint density at radius 3 is 2.73 bits per heavy atom. The second-order valence-corrected chi connectivity index (χ2v) is 5.46. The lowest BCUT2D eigenvalue weighted by Gasteiger charge is -2.07. The number of rotatable bonds is 4. The summed E-state index contributed by atoms with van der Waals surface area (Å²) in [7, 11) is 0. The zero-order valence-corrected chi connectivity index (χ0v) is 12.7. The van der Waals surface area contributed by atoms with E-state index in [0.717, 1.165) is 22.0 Å². The fraction of sp³-hybridized carbons (Fsp3) is 0.118. The Balaban J connectivity index is 1.54. The lowest BCUT2D eigenvalue weighted by molar-refractivity contribution is 0.240. The maximum atomic E-state index is 11.9.